The molecule has 1 aliphatic rings. The summed E-state index contributed by atoms with van der Waals surface area (Å²) in [6.45, 7) is 0. The number of methoxy groups -OCH3 is 1. The molecule has 0 amide bonds. The number of nitrogens with zero attached hydrogens (tertiary/aromatic N) is 2. The largest absolute Gasteiger partial charge is 0.497 e. The summed E-state index contributed by atoms with van der Waals surface area (Å²) >= 11 is 5.93. The average molecular weight is 427 g/mol. The van der Waals surface area contributed by atoms with Crippen molar-refractivity contribution in [3.8, 4) is 5.75 Å². The van der Waals surface area contributed by atoms with Crippen molar-refractivity contribution in [3.05, 3.63) is 95.0 Å². The maximum Gasteiger partial charge on any atom is 0.279 e. The van der Waals surface area contributed by atoms with Crippen LogP contribution in [-0.4, -0.2) is 25.7 Å². The number of benzene rings is 3. The summed E-state index contributed by atoms with van der Waals surface area (Å²) in [6, 6.07) is 22.7. The lowest BCUT2D eigenvalue weighted by Crippen LogP contribution is -2.27. The van der Waals surface area contributed by atoms with Gasteiger partial charge in [-0.1, -0.05) is 54.1 Å². The van der Waals surface area contributed by atoms with Crippen LogP contribution < -0.4 is 4.74 Å². The Bertz CT molecular complexity index is 1130. The van der Waals surface area contributed by atoms with Gasteiger partial charge >= 0.3 is 0 Å². The molecule has 1 atom stereocenters. The van der Waals surface area contributed by atoms with Crippen LogP contribution in [0, 0.1) is 0 Å². The van der Waals surface area contributed by atoms with E-state index in [9.17, 15) is 8.42 Å². The monoisotopic (exact) mass is 426 g/mol. The van der Waals surface area contributed by atoms with Gasteiger partial charge in [0.2, 0.25) is 0 Å². The minimum atomic E-state index is -3.85. The van der Waals surface area contributed by atoms with E-state index in [1.54, 1.807) is 19.2 Å². The van der Waals surface area contributed by atoms with Gasteiger partial charge in [0.1, 0.15) is 5.75 Å². The van der Waals surface area contributed by atoms with Gasteiger partial charge in [-0.25, -0.2) is 0 Å². The quantitative estimate of drug-likeness (QED) is 0.583. The van der Waals surface area contributed by atoms with Crippen molar-refractivity contribution in [2.24, 2.45) is 5.10 Å². The third kappa shape index (κ3) is 3.86. The van der Waals surface area contributed by atoms with Crippen LogP contribution in [-0.2, 0) is 10.0 Å². The first-order valence-corrected chi connectivity index (χ1v) is 10.9. The fourth-order valence-corrected chi connectivity index (χ4v) is 4.86. The average Bonchev–Trinajstić information content (AvgIpc) is 3.21. The highest BCUT2D eigenvalue weighted by atomic mass is 35.5. The third-order valence-corrected chi connectivity index (χ3v) is 6.79. The molecular formula is C22H19ClN2O3S. The molecular weight excluding hydrogens is 408 g/mol. The highest BCUT2D eigenvalue weighted by Gasteiger charge is 2.37. The predicted octanol–water partition coefficient (Wildman–Crippen LogP) is 4.89. The van der Waals surface area contributed by atoms with Crippen molar-refractivity contribution >= 4 is 27.3 Å². The molecule has 0 saturated heterocycles. The first-order chi connectivity index (χ1) is 14.0. The first-order valence-electron chi connectivity index (χ1n) is 9.06. The standard InChI is InChI=1S/C22H19ClN2O3S/c1-28-19-11-7-17(8-12-19)22-15-21(16-5-3-2-4-6-16)24-25(22)29(26,27)20-13-9-18(23)10-14-20/h2-14,22H,15H2,1H3. The molecule has 3 aromatic rings. The molecule has 0 fully saturated rings. The summed E-state index contributed by atoms with van der Waals surface area (Å²) in [5.41, 5.74) is 2.47. The van der Waals surface area contributed by atoms with Crippen LogP contribution in [0.5, 0.6) is 5.75 Å². The SMILES string of the molecule is COc1ccc(C2CC(c3ccccc3)=NN2S(=O)(=O)c2ccc(Cl)cc2)cc1. The van der Waals surface area contributed by atoms with E-state index < -0.39 is 16.1 Å². The van der Waals surface area contributed by atoms with E-state index >= 15 is 0 Å². The fourth-order valence-electron chi connectivity index (χ4n) is 3.30. The highest BCUT2D eigenvalue weighted by molar-refractivity contribution is 7.89. The van der Waals surface area contributed by atoms with Gasteiger partial charge in [-0.3, -0.25) is 0 Å². The van der Waals surface area contributed by atoms with Crippen LogP contribution in [0.3, 0.4) is 0 Å². The number of sulfonamides is 1. The van der Waals surface area contributed by atoms with Crippen LogP contribution in [0.25, 0.3) is 0 Å². The van der Waals surface area contributed by atoms with Gasteiger partial charge in [0.05, 0.1) is 23.8 Å². The second-order valence-electron chi connectivity index (χ2n) is 6.64. The number of hydrazone groups is 1. The van der Waals surface area contributed by atoms with Crippen LogP contribution in [0.1, 0.15) is 23.6 Å². The van der Waals surface area contributed by atoms with Crippen molar-refractivity contribution in [2.45, 2.75) is 17.4 Å². The molecule has 29 heavy (non-hydrogen) atoms. The highest BCUT2D eigenvalue weighted by Crippen LogP contribution is 2.37. The van der Waals surface area contributed by atoms with Crippen LogP contribution >= 0.6 is 11.6 Å². The summed E-state index contributed by atoms with van der Waals surface area (Å²) in [7, 11) is -2.26. The Morgan fingerprint density at radius 1 is 0.966 bits per heavy atom. The zero-order chi connectivity index (χ0) is 20.4. The Morgan fingerprint density at radius 3 is 2.24 bits per heavy atom. The van der Waals surface area contributed by atoms with E-state index in [0.29, 0.717) is 17.2 Å². The van der Waals surface area contributed by atoms with Gasteiger partial charge in [-0.05, 0) is 47.5 Å². The summed E-state index contributed by atoms with van der Waals surface area (Å²) in [4.78, 5) is 0.151. The summed E-state index contributed by atoms with van der Waals surface area (Å²) in [5.74, 6) is 0.711. The number of rotatable bonds is 5. The molecule has 5 nitrogen and oxygen atoms in total. The Hall–Kier alpha value is -2.83. The van der Waals surface area contributed by atoms with Gasteiger partial charge in [0.25, 0.3) is 10.0 Å². The lowest BCUT2D eigenvalue weighted by atomic mass is 9.99. The van der Waals surface area contributed by atoms with Crippen LogP contribution in [0.2, 0.25) is 5.02 Å². The predicted molar refractivity (Wildman–Crippen MR) is 114 cm³/mol. The fraction of sp³-hybridized carbons (Fsp3) is 0.136. The van der Waals surface area contributed by atoms with Gasteiger partial charge in [0, 0.05) is 11.4 Å². The topological polar surface area (TPSA) is 59.0 Å². The van der Waals surface area contributed by atoms with Crippen molar-refractivity contribution in [1.82, 2.24) is 4.41 Å². The zero-order valence-corrected chi connectivity index (χ0v) is 17.3. The van der Waals surface area contributed by atoms with E-state index in [1.165, 1.54) is 16.5 Å². The molecule has 0 spiro atoms. The van der Waals surface area contributed by atoms with Crippen molar-refractivity contribution < 1.29 is 13.2 Å². The van der Waals surface area contributed by atoms with E-state index in [4.69, 9.17) is 16.3 Å². The number of halogens is 1. The van der Waals surface area contributed by atoms with Crippen LogP contribution in [0.15, 0.2) is 88.9 Å². The van der Waals surface area contributed by atoms with Gasteiger partial charge in [-0.15, -0.1) is 0 Å². The molecule has 0 radical (unpaired) electrons. The molecule has 0 aromatic heterocycles. The second-order valence-corrected chi connectivity index (χ2v) is 8.87. The van der Waals surface area contributed by atoms with Crippen molar-refractivity contribution in [3.63, 3.8) is 0 Å². The van der Waals surface area contributed by atoms with E-state index in [2.05, 4.69) is 5.10 Å². The van der Waals surface area contributed by atoms with E-state index in [0.717, 1.165) is 16.8 Å². The Balaban J connectivity index is 1.78. The van der Waals surface area contributed by atoms with Crippen molar-refractivity contribution in [2.75, 3.05) is 7.11 Å². The minimum Gasteiger partial charge on any atom is -0.497 e. The molecule has 148 valence electrons. The lowest BCUT2D eigenvalue weighted by Gasteiger charge is -2.23. The Kier molecular flexibility index (Phi) is 5.30. The second kappa shape index (κ2) is 7.89. The number of ether oxygens (including phenoxy) is 1. The zero-order valence-electron chi connectivity index (χ0n) is 15.7. The summed E-state index contributed by atoms with van der Waals surface area (Å²) in [5, 5.41) is 5.00. The molecule has 0 saturated carbocycles. The lowest BCUT2D eigenvalue weighted by molar-refractivity contribution is 0.370. The molecule has 3 aromatic carbocycles. The van der Waals surface area contributed by atoms with E-state index in [-0.39, 0.29) is 4.90 Å². The Labute approximate surface area is 175 Å². The van der Waals surface area contributed by atoms with Gasteiger partial charge in [-0.2, -0.15) is 17.9 Å². The molecule has 0 bridgehead atoms. The summed E-state index contributed by atoms with van der Waals surface area (Å²) < 4.78 is 33.2. The molecule has 4 rings (SSSR count). The third-order valence-electron chi connectivity index (χ3n) is 4.84. The molecule has 1 heterocycles. The summed E-state index contributed by atoms with van der Waals surface area (Å²) in [6.07, 6.45) is 0.475. The Morgan fingerprint density at radius 2 is 1.62 bits per heavy atom. The van der Waals surface area contributed by atoms with E-state index in [1.807, 2.05) is 54.6 Å². The normalized spacial score (nSPS) is 16.6. The molecule has 0 aliphatic carbocycles. The van der Waals surface area contributed by atoms with Crippen molar-refractivity contribution in [1.29, 1.82) is 0 Å². The molecule has 1 aliphatic heterocycles. The molecule has 0 N–H and O–H groups in total. The van der Waals surface area contributed by atoms with Gasteiger partial charge < -0.3 is 4.74 Å². The maximum absolute atomic E-state index is 13.4. The molecule has 7 heteroatoms. The smallest absolute Gasteiger partial charge is 0.279 e. The first kappa shape index (κ1) is 19.5. The maximum atomic E-state index is 13.4. The minimum absolute atomic E-state index is 0.151. The van der Waals surface area contributed by atoms with Gasteiger partial charge in [0.15, 0.2) is 0 Å². The molecule has 1 unspecified atom stereocenters. The van der Waals surface area contributed by atoms with Crippen LogP contribution in [0.4, 0.5) is 0 Å². The number of hydrogen-bond donors (Lipinski definition) is 0. The number of hydrogen-bond acceptors (Lipinski definition) is 4.